The Labute approximate surface area is 74.5 Å². The molecule has 0 bridgehead atoms. The zero-order valence-electron chi connectivity index (χ0n) is 8.79. The molecule has 0 saturated heterocycles. The third kappa shape index (κ3) is 4.71. The van der Waals surface area contributed by atoms with E-state index in [2.05, 4.69) is 10.2 Å². The molecule has 4 heteroatoms. The number of nitrogens with zero attached hydrogens (tertiary/aromatic N) is 4. The molecule has 0 aliphatic rings. The van der Waals surface area contributed by atoms with Crippen molar-refractivity contribution in [3.63, 3.8) is 0 Å². The van der Waals surface area contributed by atoms with Gasteiger partial charge in [-0.25, -0.2) is 0 Å². The monoisotopic (exact) mass is 170 g/mol. The summed E-state index contributed by atoms with van der Waals surface area (Å²) in [6.07, 6.45) is 0. The molecular formula is C8H18N4. The minimum Gasteiger partial charge on any atom is -0.303 e. The molecule has 70 valence electrons. The second kappa shape index (κ2) is 4.74. The molecule has 0 heterocycles. The molecule has 4 nitrogen and oxygen atoms in total. The van der Waals surface area contributed by atoms with E-state index in [-0.39, 0.29) is 0 Å². The summed E-state index contributed by atoms with van der Waals surface area (Å²) in [4.78, 5) is 0. The Morgan fingerprint density at radius 3 is 1.17 bits per heavy atom. The van der Waals surface area contributed by atoms with Gasteiger partial charge < -0.3 is 10.0 Å². The maximum atomic E-state index is 4.22. The van der Waals surface area contributed by atoms with E-state index >= 15 is 0 Å². The van der Waals surface area contributed by atoms with Crippen molar-refractivity contribution in [3.8, 4) is 0 Å². The normalized spacial score (nSPS) is 13.2. The van der Waals surface area contributed by atoms with Crippen LogP contribution in [0.2, 0.25) is 0 Å². The van der Waals surface area contributed by atoms with E-state index in [1.54, 1.807) is 10.0 Å². The molecule has 0 rings (SSSR count). The fourth-order valence-corrected chi connectivity index (χ4v) is 0.745. The first kappa shape index (κ1) is 10.9. The van der Waals surface area contributed by atoms with Crippen LogP contribution in [-0.2, 0) is 0 Å². The van der Waals surface area contributed by atoms with Crippen molar-refractivity contribution in [2.45, 2.75) is 13.8 Å². The van der Waals surface area contributed by atoms with E-state index in [0.717, 1.165) is 11.4 Å². The highest BCUT2D eigenvalue weighted by molar-refractivity contribution is 6.40. The average molecular weight is 170 g/mol. The highest BCUT2D eigenvalue weighted by atomic mass is 15.4. The van der Waals surface area contributed by atoms with E-state index in [4.69, 9.17) is 0 Å². The Morgan fingerprint density at radius 1 is 0.750 bits per heavy atom. The van der Waals surface area contributed by atoms with Crippen molar-refractivity contribution in [1.29, 1.82) is 0 Å². The van der Waals surface area contributed by atoms with Crippen LogP contribution in [0.15, 0.2) is 10.2 Å². The Hall–Kier alpha value is -1.06. The highest BCUT2D eigenvalue weighted by Gasteiger charge is 1.97. The van der Waals surface area contributed by atoms with Crippen molar-refractivity contribution in [2.75, 3.05) is 28.2 Å². The first-order valence-electron chi connectivity index (χ1n) is 3.89. The third-order valence-electron chi connectivity index (χ3n) is 1.22. The third-order valence-corrected chi connectivity index (χ3v) is 1.22. The first-order valence-corrected chi connectivity index (χ1v) is 3.89. The predicted molar refractivity (Wildman–Crippen MR) is 53.6 cm³/mol. The van der Waals surface area contributed by atoms with E-state index in [1.165, 1.54) is 0 Å². The summed E-state index contributed by atoms with van der Waals surface area (Å²) in [7, 11) is 7.58. The lowest BCUT2D eigenvalue weighted by Crippen LogP contribution is -2.16. The van der Waals surface area contributed by atoms with Gasteiger partial charge in [0, 0.05) is 28.2 Å². The molecule has 0 amide bonds. The SMILES string of the molecule is CC(=NN(C)C)C(C)=NN(C)C. The van der Waals surface area contributed by atoms with Crippen LogP contribution in [0.5, 0.6) is 0 Å². The van der Waals surface area contributed by atoms with Crippen LogP contribution in [0, 0.1) is 0 Å². The summed E-state index contributed by atoms with van der Waals surface area (Å²) in [5.41, 5.74) is 1.88. The van der Waals surface area contributed by atoms with Crippen molar-refractivity contribution < 1.29 is 0 Å². The maximum Gasteiger partial charge on any atom is 0.0803 e. The quantitative estimate of drug-likeness (QED) is 0.464. The predicted octanol–water partition coefficient (Wildman–Crippen LogP) is 0.861. The van der Waals surface area contributed by atoms with Gasteiger partial charge in [0.1, 0.15) is 0 Å². The molecule has 0 unspecified atom stereocenters. The lowest BCUT2D eigenvalue weighted by Gasteiger charge is -2.09. The summed E-state index contributed by atoms with van der Waals surface area (Å²) >= 11 is 0. The summed E-state index contributed by atoms with van der Waals surface area (Å²) in [5.74, 6) is 0. The van der Waals surface area contributed by atoms with Crippen molar-refractivity contribution in [1.82, 2.24) is 10.0 Å². The van der Waals surface area contributed by atoms with E-state index in [1.807, 2.05) is 42.0 Å². The van der Waals surface area contributed by atoms with Gasteiger partial charge in [0.05, 0.1) is 11.4 Å². The summed E-state index contributed by atoms with van der Waals surface area (Å²) in [6, 6.07) is 0. The number of rotatable bonds is 3. The van der Waals surface area contributed by atoms with Crippen LogP contribution in [0.1, 0.15) is 13.8 Å². The Balaban J connectivity index is 4.38. The van der Waals surface area contributed by atoms with Gasteiger partial charge in [0.25, 0.3) is 0 Å². The number of hydrogen-bond donors (Lipinski definition) is 0. The van der Waals surface area contributed by atoms with Gasteiger partial charge in [-0.2, -0.15) is 10.2 Å². The van der Waals surface area contributed by atoms with Crippen molar-refractivity contribution >= 4 is 11.4 Å². The molecule has 0 aromatic rings. The molecule has 0 N–H and O–H groups in total. The minimum atomic E-state index is 0.939. The fraction of sp³-hybridized carbons (Fsp3) is 0.750. The van der Waals surface area contributed by atoms with Gasteiger partial charge in [-0.05, 0) is 13.8 Å². The Bertz CT molecular complexity index is 169. The van der Waals surface area contributed by atoms with Gasteiger partial charge in [-0.1, -0.05) is 0 Å². The van der Waals surface area contributed by atoms with Crippen LogP contribution in [0.4, 0.5) is 0 Å². The standard InChI is InChI=1S/C8H18N4/c1-7(9-11(3)4)8(2)10-12(5)6/h1-6H3. The van der Waals surface area contributed by atoms with Gasteiger partial charge in [0.2, 0.25) is 0 Å². The lowest BCUT2D eigenvalue weighted by atomic mass is 10.3. The molecule has 0 radical (unpaired) electrons. The maximum absolute atomic E-state index is 4.22. The molecule has 0 saturated carbocycles. The van der Waals surface area contributed by atoms with Crippen molar-refractivity contribution in [3.05, 3.63) is 0 Å². The molecule has 0 spiro atoms. The molecule has 0 fully saturated rings. The van der Waals surface area contributed by atoms with Crippen molar-refractivity contribution in [2.24, 2.45) is 10.2 Å². The second-order valence-electron chi connectivity index (χ2n) is 3.07. The van der Waals surface area contributed by atoms with Gasteiger partial charge in [-0.15, -0.1) is 0 Å². The number of hydrazone groups is 2. The largest absolute Gasteiger partial charge is 0.303 e. The highest BCUT2D eigenvalue weighted by Crippen LogP contribution is 1.88. The molecular weight excluding hydrogens is 152 g/mol. The molecule has 0 aliphatic carbocycles. The summed E-state index contributed by atoms with van der Waals surface area (Å²) in [6.45, 7) is 3.89. The van der Waals surface area contributed by atoms with Crippen LogP contribution in [0.25, 0.3) is 0 Å². The van der Waals surface area contributed by atoms with Gasteiger partial charge in [-0.3, -0.25) is 0 Å². The Kier molecular flexibility index (Phi) is 4.33. The number of hydrogen-bond acceptors (Lipinski definition) is 4. The smallest absolute Gasteiger partial charge is 0.0803 e. The lowest BCUT2D eigenvalue weighted by molar-refractivity contribution is 0.433. The van der Waals surface area contributed by atoms with Gasteiger partial charge >= 0.3 is 0 Å². The molecule has 0 aromatic carbocycles. The molecule has 0 aliphatic heterocycles. The van der Waals surface area contributed by atoms with E-state index < -0.39 is 0 Å². The minimum absolute atomic E-state index is 0.939. The van der Waals surface area contributed by atoms with E-state index in [0.29, 0.717) is 0 Å². The van der Waals surface area contributed by atoms with Crippen LogP contribution >= 0.6 is 0 Å². The first-order chi connectivity index (χ1) is 5.43. The summed E-state index contributed by atoms with van der Waals surface area (Å²) in [5, 5.41) is 12.0. The van der Waals surface area contributed by atoms with E-state index in [9.17, 15) is 0 Å². The molecule has 0 atom stereocenters. The fourth-order valence-electron chi connectivity index (χ4n) is 0.745. The molecule has 0 aromatic heterocycles. The van der Waals surface area contributed by atoms with Crippen LogP contribution in [0.3, 0.4) is 0 Å². The molecule has 12 heavy (non-hydrogen) atoms. The second-order valence-corrected chi connectivity index (χ2v) is 3.07. The van der Waals surface area contributed by atoms with Crippen LogP contribution in [-0.4, -0.2) is 49.6 Å². The average Bonchev–Trinajstić information content (AvgIpc) is 1.84. The zero-order valence-corrected chi connectivity index (χ0v) is 8.79. The summed E-state index contributed by atoms with van der Waals surface area (Å²) < 4.78 is 0. The zero-order chi connectivity index (χ0) is 9.72. The Morgan fingerprint density at radius 2 is 1.00 bits per heavy atom. The van der Waals surface area contributed by atoms with Crippen LogP contribution < -0.4 is 0 Å². The van der Waals surface area contributed by atoms with Gasteiger partial charge in [0.15, 0.2) is 0 Å². The topological polar surface area (TPSA) is 31.2 Å².